The van der Waals surface area contributed by atoms with E-state index in [0.717, 1.165) is 42.7 Å². The molecule has 1 aromatic heterocycles. The second kappa shape index (κ2) is 6.32. The molecule has 1 heterocycles. The predicted molar refractivity (Wildman–Crippen MR) is 85.2 cm³/mol. The van der Waals surface area contributed by atoms with E-state index in [1.165, 1.54) is 0 Å². The molecule has 22 heavy (non-hydrogen) atoms. The molecule has 3 rings (SSSR count). The Hall–Kier alpha value is -2.14. The second-order valence-corrected chi connectivity index (χ2v) is 5.93. The van der Waals surface area contributed by atoms with Crippen molar-refractivity contribution in [1.29, 1.82) is 0 Å². The Morgan fingerprint density at radius 2 is 2.09 bits per heavy atom. The number of benzene rings is 1. The van der Waals surface area contributed by atoms with Gasteiger partial charge in [-0.05, 0) is 43.5 Å². The number of carbonyl (C=O) groups excluding carboxylic acids is 1. The molecule has 2 atom stereocenters. The van der Waals surface area contributed by atoms with Crippen LogP contribution in [0.15, 0.2) is 34.9 Å². The van der Waals surface area contributed by atoms with Gasteiger partial charge in [0.05, 0.1) is 6.20 Å². The van der Waals surface area contributed by atoms with Gasteiger partial charge in [-0.3, -0.25) is 4.79 Å². The second-order valence-electron chi connectivity index (χ2n) is 5.93. The van der Waals surface area contributed by atoms with Crippen LogP contribution in [0.4, 0.5) is 5.69 Å². The van der Waals surface area contributed by atoms with E-state index in [0.29, 0.717) is 5.89 Å². The molecule has 2 unspecified atom stereocenters. The number of nitrogens with two attached hydrogens (primary N) is 1. The Morgan fingerprint density at radius 3 is 2.73 bits per heavy atom. The zero-order valence-electron chi connectivity index (χ0n) is 12.7. The number of rotatable bonds is 3. The third kappa shape index (κ3) is 3.36. The highest BCUT2D eigenvalue weighted by Gasteiger charge is 2.25. The van der Waals surface area contributed by atoms with Crippen molar-refractivity contribution in [2.75, 3.05) is 5.32 Å². The molecule has 1 fully saturated rings. The summed E-state index contributed by atoms with van der Waals surface area (Å²) in [7, 11) is 0. The smallest absolute Gasteiger partial charge is 0.227 e. The molecular formula is C17H21N3O2. The van der Waals surface area contributed by atoms with Crippen molar-refractivity contribution in [2.45, 2.75) is 38.6 Å². The summed E-state index contributed by atoms with van der Waals surface area (Å²) in [5, 5.41) is 2.98. The van der Waals surface area contributed by atoms with E-state index in [-0.39, 0.29) is 17.9 Å². The van der Waals surface area contributed by atoms with Crippen molar-refractivity contribution >= 4 is 11.6 Å². The fourth-order valence-corrected chi connectivity index (χ4v) is 2.92. The molecule has 2 aromatic rings. The minimum absolute atomic E-state index is 0.0281. The molecule has 5 heteroatoms. The van der Waals surface area contributed by atoms with Crippen LogP contribution in [0.5, 0.6) is 0 Å². The summed E-state index contributed by atoms with van der Waals surface area (Å²) in [4.78, 5) is 16.4. The van der Waals surface area contributed by atoms with Gasteiger partial charge in [-0.1, -0.05) is 6.42 Å². The van der Waals surface area contributed by atoms with E-state index >= 15 is 0 Å². The zero-order valence-corrected chi connectivity index (χ0v) is 12.7. The van der Waals surface area contributed by atoms with Crippen molar-refractivity contribution in [3.8, 4) is 11.3 Å². The lowest BCUT2D eigenvalue weighted by Crippen LogP contribution is -2.34. The molecule has 1 aromatic carbocycles. The molecule has 0 spiro atoms. The van der Waals surface area contributed by atoms with Crippen LogP contribution < -0.4 is 11.1 Å². The summed E-state index contributed by atoms with van der Waals surface area (Å²) >= 11 is 0. The number of nitrogens with zero attached hydrogens (tertiary/aromatic N) is 1. The summed E-state index contributed by atoms with van der Waals surface area (Å²) in [6.07, 6.45) is 5.46. The minimum Gasteiger partial charge on any atom is -0.441 e. The maximum atomic E-state index is 12.3. The van der Waals surface area contributed by atoms with Crippen LogP contribution in [0.2, 0.25) is 0 Å². The van der Waals surface area contributed by atoms with Gasteiger partial charge in [-0.15, -0.1) is 0 Å². The standard InChI is InChI=1S/C17H21N3O2/c1-11-19-10-16(22-11)12-5-7-15(8-6-12)20-17(21)13-3-2-4-14(18)9-13/h5-8,10,13-14H,2-4,9,18H2,1H3,(H,20,21). The van der Waals surface area contributed by atoms with Crippen LogP contribution in [0.1, 0.15) is 31.6 Å². The summed E-state index contributed by atoms with van der Waals surface area (Å²) in [6.45, 7) is 1.81. The molecule has 5 nitrogen and oxygen atoms in total. The molecule has 0 saturated heterocycles. The van der Waals surface area contributed by atoms with Gasteiger partial charge in [-0.25, -0.2) is 4.98 Å². The van der Waals surface area contributed by atoms with Crippen LogP contribution in [0.3, 0.4) is 0 Å². The fraction of sp³-hybridized carbons (Fsp3) is 0.412. The van der Waals surface area contributed by atoms with Gasteiger partial charge in [0.25, 0.3) is 0 Å². The zero-order chi connectivity index (χ0) is 15.5. The van der Waals surface area contributed by atoms with Crippen molar-refractivity contribution in [2.24, 2.45) is 11.7 Å². The number of carbonyl (C=O) groups is 1. The maximum absolute atomic E-state index is 12.3. The van der Waals surface area contributed by atoms with Gasteiger partial charge in [0.15, 0.2) is 11.7 Å². The molecule has 1 amide bonds. The number of oxazole rings is 1. The van der Waals surface area contributed by atoms with Crippen molar-refractivity contribution in [3.05, 3.63) is 36.4 Å². The summed E-state index contributed by atoms with van der Waals surface area (Å²) in [5.41, 5.74) is 7.68. The Morgan fingerprint density at radius 1 is 1.32 bits per heavy atom. The highest BCUT2D eigenvalue weighted by atomic mass is 16.4. The number of hydrogen-bond donors (Lipinski definition) is 2. The van der Waals surface area contributed by atoms with Gasteiger partial charge in [0.2, 0.25) is 5.91 Å². The lowest BCUT2D eigenvalue weighted by molar-refractivity contribution is -0.120. The lowest BCUT2D eigenvalue weighted by atomic mass is 9.85. The number of nitrogens with one attached hydrogen (secondary N) is 1. The van der Waals surface area contributed by atoms with Crippen LogP contribution in [0.25, 0.3) is 11.3 Å². The van der Waals surface area contributed by atoms with E-state index in [2.05, 4.69) is 10.3 Å². The van der Waals surface area contributed by atoms with Crippen LogP contribution in [-0.2, 0) is 4.79 Å². The molecule has 116 valence electrons. The Balaban J connectivity index is 1.64. The van der Waals surface area contributed by atoms with Gasteiger partial charge in [-0.2, -0.15) is 0 Å². The molecule has 0 aliphatic heterocycles. The van der Waals surface area contributed by atoms with E-state index in [4.69, 9.17) is 10.2 Å². The van der Waals surface area contributed by atoms with Crippen LogP contribution >= 0.6 is 0 Å². The highest BCUT2D eigenvalue weighted by molar-refractivity contribution is 5.92. The average Bonchev–Trinajstić information content (AvgIpc) is 2.94. The normalized spacial score (nSPS) is 21.5. The third-order valence-electron chi connectivity index (χ3n) is 4.14. The molecule has 1 saturated carbocycles. The number of hydrogen-bond acceptors (Lipinski definition) is 4. The Labute approximate surface area is 129 Å². The van der Waals surface area contributed by atoms with Gasteiger partial charge in [0.1, 0.15) is 0 Å². The number of amides is 1. The third-order valence-corrected chi connectivity index (χ3v) is 4.14. The monoisotopic (exact) mass is 299 g/mol. The van der Waals surface area contributed by atoms with Crippen LogP contribution in [-0.4, -0.2) is 16.9 Å². The predicted octanol–water partition coefficient (Wildman–Crippen LogP) is 3.11. The van der Waals surface area contributed by atoms with Gasteiger partial charge in [0, 0.05) is 30.1 Å². The fourth-order valence-electron chi connectivity index (χ4n) is 2.92. The minimum atomic E-state index is 0.0281. The van der Waals surface area contributed by atoms with Crippen molar-refractivity contribution < 1.29 is 9.21 Å². The molecule has 1 aliphatic carbocycles. The first-order valence-electron chi connectivity index (χ1n) is 7.71. The summed E-state index contributed by atoms with van der Waals surface area (Å²) < 4.78 is 5.49. The lowest BCUT2D eigenvalue weighted by Gasteiger charge is -2.25. The van der Waals surface area contributed by atoms with E-state index in [1.807, 2.05) is 31.2 Å². The first-order chi connectivity index (χ1) is 10.6. The maximum Gasteiger partial charge on any atom is 0.227 e. The van der Waals surface area contributed by atoms with Crippen molar-refractivity contribution in [3.63, 3.8) is 0 Å². The Bertz CT molecular complexity index is 648. The SMILES string of the molecule is Cc1ncc(-c2ccc(NC(=O)C3CCCC(N)C3)cc2)o1. The quantitative estimate of drug-likeness (QED) is 0.912. The highest BCUT2D eigenvalue weighted by Crippen LogP contribution is 2.26. The number of anilines is 1. The van der Waals surface area contributed by atoms with Gasteiger partial charge >= 0.3 is 0 Å². The van der Waals surface area contributed by atoms with Crippen LogP contribution in [0, 0.1) is 12.8 Å². The number of aryl methyl sites for hydroxylation is 1. The summed E-state index contributed by atoms with van der Waals surface area (Å²) in [6, 6.07) is 7.76. The molecular weight excluding hydrogens is 278 g/mol. The molecule has 1 aliphatic rings. The van der Waals surface area contributed by atoms with E-state index in [1.54, 1.807) is 6.20 Å². The van der Waals surface area contributed by atoms with E-state index < -0.39 is 0 Å². The topological polar surface area (TPSA) is 81.2 Å². The average molecular weight is 299 g/mol. The molecule has 0 radical (unpaired) electrons. The summed E-state index contributed by atoms with van der Waals surface area (Å²) in [5.74, 6) is 1.47. The number of aromatic nitrogens is 1. The Kier molecular flexibility index (Phi) is 4.24. The first-order valence-corrected chi connectivity index (χ1v) is 7.71. The van der Waals surface area contributed by atoms with Gasteiger partial charge < -0.3 is 15.5 Å². The molecule has 3 N–H and O–H groups in total. The molecule has 0 bridgehead atoms. The van der Waals surface area contributed by atoms with E-state index in [9.17, 15) is 4.79 Å². The first kappa shape index (κ1) is 14.8. The largest absolute Gasteiger partial charge is 0.441 e. The van der Waals surface area contributed by atoms with Crippen molar-refractivity contribution in [1.82, 2.24) is 4.98 Å².